The van der Waals surface area contributed by atoms with Gasteiger partial charge in [0.25, 0.3) is 5.91 Å². The standard InChI is InChI=1S/C24H29FN4O/c1-17-15-19(18-7-9-26-10-8-18)3-5-21(17)24(30)27-20-4-6-23(22(25)16-20)29-13-11-28(2)12-14-29/h3-7,15-16,26H,8-14H2,1-2H3,(H,27,30). The number of nitrogens with zero attached hydrogens (tertiary/aromatic N) is 2. The second-order valence-corrected chi connectivity index (χ2v) is 8.12. The van der Waals surface area contributed by atoms with Gasteiger partial charge in [-0.25, -0.2) is 4.39 Å². The minimum Gasteiger partial charge on any atom is -0.367 e. The molecule has 2 aromatic rings. The molecule has 2 heterocycles. The summed E-state index contributed by atoms with van der Waals surface area (Å²) >= 11 is 0. The molecule has 1 amide bonds. The van der Waals surface area contributed by atoms with Crippen LogP contribution in [0.15, 0.2) is 42.5 Å². The normalized spacial score (nSPS) is 17.6. The van der Waals surface area contributed by atoms with Crippen molar-refractivity contribution >= 4 is 22.9 Å². The smallest absolute Gasteiger partial charge is 0.255 e. The minimum atomic E-state index is -0.303. The zero-order valence-electron chi connectivity index (χ0n) is 17.7. The van der Waals surface area contributed by atoms with Crippen molar-refractivity contribution in [1.29, 1.82) is 0 Å². The maximum absolute atomic E-state index is 14.7. The predicted molar refractivity (Wildman–Crippen MR) is 121 cm³/mol. The lowest BCUT2D eigenvalue weighted by molar-refractivity contribution is 0.102. The molecule has 0 saturated carbocycles. The molecule has 0 spiro atoms. The van der Waals surface area contributed by atoms with Gasteiger partial charge in [-0.2, -0.15) is 0 Å². The summed E-state index contributed by atoms with van der Waals surface area (Å²) in [5.41, 5.74) is 5.06. The molecule has 2 aromatic carbocycles. The summed E-state index contributed by atoms with van der Waals surface area (Å²) < 4.78 is 14.7. The Labute approximate surface area is 177 Å². The lowest BCUT2D eigenvalue weighted by Gasteiger charge is -2.34. The Morgan fingerprint density at radius 3 is 2.57 bits per heavy atom. The van der Waals surface area contributed by atoms with Gasteiger partial charge in [-0.3, -0.25) is 4.79 Å². The second kappa shape index (κ2) is 8.98. The molecular formula is C24H29FN4O. The zero-order chi connectivity index (χ0) is 21.1. The van der Waals surface area contributed by atoms with E-state index in [-0.39, 0.29) is 11.7 Å². The highest BCUT2D eigenvalue weighted by Crippen LogP contribution is 2.26. The van der Waals surface area contributed by atoms with Crippen molar-refractivity contribution in [2.24, 2.45) is 0 Å². The van der Waals surface area contributed by atoms with Crippen LogP contribution in [0, 0.1) is 12.7 Å². The number of benzene rings is 2. The number of anilines is 2. The topological polar surface area (TPSA) is 47.6 Å². The minimum absolute atomic E-state index is 0.218. The monoisotopic (exact) mass is 408 g/mol. The van der Waals surface area contributed by atoms with E-state index in [0.29, 0.717) is 16.9 Å². The Balaban J connectivity index is 1.46. The number of likely N-dealkylation sites (N-methyl/N-ethyl adjacent to an activating group) is 1. The van der Waals surface area contributed by atoms with Crippen LogP contribution < -0.4 is 15.5 Å². The van der Waals surface area contributed by atoms with Crippen molar-refractivity contribution in [3.8, 4) is 0 Å². The third-order valence-electron chi connectivity index (χ3n) is 5.96. The SMILES string of the molecule is Cc1cc(C2=CCNCC2)ccc1C(=O)Nc1ccc(N2CCN(C)CC2)c(F)c1. The number of halogens is 1. The first-order valence-corrected chi connectivity index (χ1v) is 10.6. The molecular weight excluding hydrogens is 379 g/mol. The van der Waals surface area contributed by atoms with Gasteiger partial charge in [-0.1, -0.05) is 18.2 Å². The number of nitrogens with one attached hydrogen (secondary N) is 2. The predicted octanol–water partition coefficient (Wildman–Crippen LogP) is 3.51. The largest absolute Gasteiger partial charge is 0.367 e. The Morgan fingerprint density at radius 2 is 1.90 bits per heavy atom. The summed E-state index contributed by atoms with van der Waals surface area (Å²) in [6.45, 7) is 7.24. The Morgan fingerprint density at radius 1 is 1.10 bits per heavy atom. The van der Waals surface area contributed by atoms with Gasteiger partial charge in [-0.05, 0) is 67.9 Å². The summed E-state index contributed by atoms with van der Waals surface area (Å²) in [7, 11) is 2.07. The molecule has 0 radical (unpaired) electrons. The number of carbonyl (C=O) groups is 1. The molecule has 0 unspecified atom stereocenters. The first-order chi connectivity index (χ1) is 14.5. The van der Waals surface area contributed by atoms with Crippen LogP contribution in [0.4, 0.5) is 15.8 Å². The van der Waals surface area contributed by atoms with E-state index in [9.17, 15) is 9.18 Å². The average molecular weight is 409 g/mol. The zero-order valence-corrected chi connectivity index (χ0v) is 17.7. The number of carbonyl (C=O) groups excluding carboxylic acids is 1. The van der Waals surface area contributed by atoms with Crippen LogP contribution in [0.1, 0.15) is 27.9 Å². The molecule has 5 nitrogen and oxygen atoms in total. The third kappa shape index (κ3) is 4.55. The molecule has 0 atom stereocenters. The number of piperazine rings is 1. The van der Waals surface area contributed by atoms with E-state index in [1.807, 2.05) is 19.1 Å². The van der Waals surface area contributed by atoms with Gasteiger partial charge in [0.05, 0.1) is 5.69 Å². The van der Waals surface area contributed by atoms with Gasteiger partial charge >= 0.3 is 0 Å². The van der Waals surface area contributed by atoms with Crippen LogP contribution in [0.25, 0.3) is 5.57 Å². The first kappa shape index (κ1) is 20.6. The van der Waals surface area contributed by atoms with Gasteiger partial charge in [0, 0.05) is 44.0 Å². The van der Waals surface area contributed by atoms with E-state index >= 15 is 0 Å². The fourth-order valence-corrected chi connectivity index (χ4v) is 4.09. The van der Waals surface area contributed by atoms with Gasteiger partial charge in [0.15, 0.2) is 0 Å². The van der Waals surface area contributed by atoms with Gasteiger partial charge < -0.3 is 20.4 Å². The van der Waals surface area contributed by atoms with Crippen LogP contribution in [-0.2, 0) is 0 Å². The van der Waals surface area contributed by atoms with Crippen LogP contribution in [0.3, 0.4) is 0 Å². The van der Waals surface area contributed by atoms with Gasteiger partial charge in [0.1, 0.15) is 5.82 Å². The van der Waals surface area contributed by atoms with Gasteiger partial charge in [0.2, 0.25) is 0 Å². The quantitative estimate of drug-likeness (QED) is 0.813. The van der Waals surface area contributed by atoms with E-state index in [1.54, 1.807) is 12.1 Å². The molecule has 1 saturated heterocycles. The molecule has 2 aliphatic rings. The average Bonchev–Trinajstić information content (AvgIpc) is 2.75. The highest BCUT2D eigenvalue weighted by Gasteiger charge is 2.18. The fraction of sp³-hybridized carbons (Fsp3) is 0.375. The molecule has 2 N–H and O–H groups in total. The summed E-state index contributed by atoms with van der Waals surface area (Å²) in [5, 5.41) is 6.16. The van der Waals surface area contributed by atoms with E-state index < -0.39 is 0 Å². The van der Waals surface area contributed by atoms with Crippen molar-refractivity contribution in [1.82, 2.24) is 10.2 Å². The molecule has 0 bridgehead atoms. The summed E-state index contributed by atoms with van der Waals surface area (Å²) in [6, 6.07) is 10.9. The van der Waals surface area contributed by atoms with Crippen LogP contribution >= 0.6 is 0 Å². The Kier molecular flexibility index (Phi) is 6.16. The van der Waals surface area contributed by atoms with Crippen molar-refractivity contribution in [3.05, 3.63) is 65.0 Å². The maximum atomic E-state index is 14.7. The lowest BCUT2D eigenvalue weighted by atomic mass is 9.96. The Hall–Kier alpha value is -2.70. The fourth-order valence-electron chi connectivity index (χ4n) is 4.09. The molecule has 4 rings (SSSR count). The maximum Gasteiger partial charge on any atom is 0.255 e. The van der Waals surface area contributed by atoms with E-state index in [4.69, 9.17) is 0 Å². The van der Waals surface area contributed by atoms with E-state index in [2.05, 4.69) is 39.6 Å². The highest BCUT2D eigenvalue weighted by atomic mass is 19.1. The van der Waals surface area contributed by atoms with E-state index in [0.717, 1.165) is 56.8 Å². The number of amides is 1. The van der Waals surface area contributed by atoms with Crippen molar-refractivity contribution in [2.45, 2.75) is 13.3 Å². The van der Waals surface area contributed by atoms with Crippen molar-refractivity contribution in [3.63, 3.8) is 0 Å². The number of rotatable bonds is 4. The van der Waals surface area contributed by atoms with Crippen molar-refractivity contribution in [2.75, 3.05) is 56.5 Å². The number of hydrogen-bond donors (Lipinski definition) is 2. The highest BCUT2D eigenvalue weighted by molar-refractivity contribution is 6.05. The van der Waals surface area contributed by atoms with Crippen LogP contribution in [-0.4, -0.2) is 57.1 Å². The summed E-state index contributed by atoms with van der Waals surface area (Å²) in [4.78, 5) is 17.1. The number of hydrogen-bond acceptors (Lipinski definition) is 4. The molecule has 30 heavy (non-hydrogen) atoms. The molecule has 2 aliphatic heterocycles. The lowest BCUT2D eigenvalue weighted by Crippen LogP contribution is -2.44. The van der Waals surface area contributed by atoms with Crippen molar-refractivity contribution < 1.29 is 9.18 Å². The third-order valence-corrected chi connectivity index (χ3v) is 5.96. The summed E-state index contributed by atoms with van der Waals surface area (Å²) in [5.74, 6) is -0.521. The van der Waals surface area contributed by atoms with Gasteiger partial charge in [-0.15, -0.1) is 0 Å². The first-order valence-electron chi connectivity index (χ1n) is 10.6. The Bertz CT molecular complexity index is 964. The molecule has 6 heteroatoms. The van der Waals surface area contributed by atoms with Crippen LogP contribution in [0.2, 0.25) is 0 Å². The van der Waals surface area contributed by atoms with E-state index in [1.165, 1.54) is 11.6 Å². The number of aryl methyl sites for hydroxylation is 1. The molecule has 1 fully saturated rings. The molecule has 0 aliphatic carbocycles. The second-order valence-electron chi connectivity index (χ2n) is 8.12. The van der Waals surface area contributed by atoms with Crippen LogP contribution in [0.5, 0.6) is 0 Å². The summed E-state index contributed by atoms with van der Waals surface area (Å²) in [6.07, 6.45) is 3.19. The molecule has 0 aromatic heterocycles. The molecule has 158 valence electrons.